The lowest BCUT2D eigenvalue weighted by Crippen LogP contribution is -2.41. The van der Waals surface area contributed by atoms with Crippen LogP contribution in [0.5, 0.6) is 5.75 Å². The van der Waals surface area contributed by atoms with Gasteiger partial charge >= 0.3 is 0 Å². The predicted octanol–water partition coefficient (Wildman–Crippen LogP) is 4.91. The molecule has 1 aromatic carbocycles. The molecule has 1 fully saturated rings. The SMILES string of the molecule is COc1ccc(C2OC[C@H](CCCO[Si](C)(C)C(C)(C)C)O2)cc1. The van der Waals surface area contributed by atoms with Crippen LogP contribution in [0.15, 0.2) is 24.3 Å². The minimum absolute atomic E-state index is 0.153. The first-order valence-corrected chi connectivity index (χ1v) is 11.7. The highest BCUT2D eigenvalue weighted by molar-refractivity contribution is 6.74. The van der Waals surface area contributed by atoms with Crippen molar-refractivity contribution in [1.29, 1.82) is 0 Å². The van der Waals surface area contributed by atoms with Gasteiger partial charge in [0.05, 0.1) is 19.8 Å². The molecule has 5 heteroatoms. The molecule has 2 atom stereocenters. The normalized spacial score (nSPS) is 21.9. The molecule has 1 unspecified atom stereocenters. The van der Waals surface area contributed by atoms with E-state index in [1.54, 1.807) is 7.11 Å². The largest absolute Gasteiger partial charge is 0.497 e. The second kappa shape index (κ2) is 8.00. The van der Waals surface area contributed by atoms with E-state index in [1.165, 1.54) is 0 Å². The summed E-state index contributed by atoms with van der Waals surface area (Å²) in [4.78, 5) is 0. The van der Waals surface area contributed by atoms with Crippen molar-refractivity contribution in [2.24, 2.45) is 0 Å². The standard InChI is InChI=1S/C19H32O4Si/c1-19(2,3)24(5,6)22-13-7-8-17-14-21-18(23-17)15-9-11-16(20-4)12-10-15/h9-12,17-18H,7-8,13-14H2,1-6H3/t17-,18?/m0/s1. The molecule has 4 nitrogen and oxygen atoms in total. The number of ether oxygens (including phenoxy) is 3. The molecule has 0 radical (unpaired) electrons. The van der Waals surface area contributed by atoms with Crippen molar-refractivity contribution >= 4 is 8.32 Å². The van der Waals surface area contributed by atoms with E-state index in [-0.39, 0.29) is 17.4 Å². The Morgan fingerprint density at radius 1 is 1.17 bits per heavy atom. The zero-order valence-electron chi connectivity index (χ0n) is 15.9. The first kappa shape index (κ1) is 19.4. The maximum Gasteiger partial charge on any atom is 0.191 e. The van der Waals surface area contributed by atoms with Gasteiger partial charge in [0.2, 0.25) is 0 Å². The Kier molecular flexibility index (Phi) is 6.48. The Balaban J connectivity index is 1.72. The van der Waals surface area contributed by atoms with Gasteiger partial charge in [-0.15, -0.1) is 0 Å². The lowest BCUT2D eigenvalue weighted by atomic mass is 10.2. The fourth-order valence-electron chi connectivity index (χ4n) is 2.39. The zero-order chi connectivity index (χ0) is 17.8. The van der Waals surface area contributed by atoms with Crippen LogP contribution in [0.4, 0.5) is 0 Å². The maximum atomic E-state index is 6.22. The molecule has 0 saturated carbocycles. The van der Waals surface area contributed by atoms with Crippen molar-refractivity contribution < 1.29 is 18.6 Å². The van der Waals surface area contributed by atoms with Crippen molar-refractivity contribution in [3.63, 3.8) is 0 Å². The van der Waals surface area contributed by atoms with Gasteiger partial charge in [-0.2, -0.15) is 0 Å². The predicted molar refractivity (Wildman–Crippen MR) is 98.9 cm³/mol. The Bertz CT molecular complexity index is 507. The number of methoxy groups -OCH3 is 1. The molecule has 1 heterocycles. The van der Waals surface area contributed by atoms with Crippen LogP contribution in [-0.4, -0.2) is 34.7 Å². The third-order valence-electron chi connectivity index (χ3n) is 5.08. The van der Waals surface area contributed by atoms with Gasteiger partial charge in [-0.3, -0.25) is 0 Å². The summed E-state index contributed by atoms with van der Waals surface area (Å²) >= 11 is 0. The number of hydrogen-bond donors (Lipinski definition) is 0. The van der Waals surface area contributed by atoms with Crippen molar-refractivity contribution in [2.75, 3.05) is 20.3 Å². The average Bonchev–Trinajstić information content (AvgIpc) is 2.99. The third-order valence-corrected chi connectivity index (χ3v) is 9.62. The Morgan fingerprint density at radius 2 is 1.83 bits per heavy atom. The van der Waals surface area contributed by atoms with Crippen LogP contribution >= 0.6 is 0 Å². The van der Waals surface area contributed by atoms with Crippen LogP contribution in [0.2, 0.25) is 18.1 Å². The molecule has 1 aromatic rings. The van der Waals surface area contributed by atoms with Crippen LogP contribution in [0.1, 0.15) is 45.5 Å². The van der Waals surface area contributed by atoms with Crippen LogP contribution < -0.4 is 4.74 Å². The molecule has 136 valence electrons. The molecule has 2 rings (SSSR count). The molecule has 0 aromatic heterocycles. The van der Waals surface area contributed by atoms with Crippen molar-refractivity contribution in [3.05, 3.63) is 29.8 Å². The third kappa shape index (κ3) is 5.05. The highest BCUT2D eigenvalue weighted by atomic mass is 28.4. The summed E-state index contributed by atoms with van der Waals surface area (Å²) in [5.41, 5.74) is 1.04. The molecule has 1 aliphatic rings. The topological polar surface area (TPSA) is 36.9 Å². The van der Waals surface area contributed by atoms with E-state index < -0.39 is 8.32 Å². The molecule has 1 aliphatic heterocycles. The molecule has 0 N–H and O–H groups in total. The van der Waals surface area contributed by atoms with Gasteiger partial charge in [-0.05, 0) is 43.1 Å². The first-order valence-electron chi connectivity index (χ1n) is 8.78. The fourth-order valence-corrected chi connectivity index (χ4v) is 3.48. The second-order valence-electron chi connectivity index (χ2n) is 7.95. The smallest absolute Gasteiger partial charge is 0.191 e. The van der Waals surface area contributed by atoms with Crippen LogP contribution in [-0.2, 0) is 13.9 Å². The van der Waals surface area contributed by atoms with E-state index in [1.807, 2.05) is 24.3 Å². The van der Waals surface area contributed by atoms with E-state index in [0.717, 1.165) is 30.8 Å². The second-order valence-corrected chi connectivity index (χ2v) is 12.8. The van der Waals surface area contributed by atoms with Crippen molar-refractivity contribution in [2.45, 2.75) is 64.1 Å². The van der Waals surface area contributed by atoms with E-state index in [4.69, 9.17) is 18.6 Å². The monoisotopic (exact) mass is 352 g/mol. The fraction of sp³-hybridized carbons (Fsp3) is 0.684. The van der Waals surface area contributed by atoms with Gasteiger partial charge in [0.25, 0.3) is 0 Å². The van der Waals surface area contributed by atoms with Crippen LogP contribution in [0.3, 0.4) is 0 Å². The van der Waals surface area contributed by atoms with Gasteiger partial charge in [0, 0.05) is 12.2 Å². The number of rotatable bonds is 7. The van der Waals surface area contributed by atoms with Crippen molar-refractivity contribution in [3.8, 4) is 5.75 Å². The van der Waals surface area contributed by atoms with E-state index in [9.17, 15) is 0 Å². The lowest BCUT2D eigenvalue weighted by Gasteiger charge is -2.36. The highest BCUT2D eigenvalue weighted by Crippen LogP contribution is 2.36. The molecule has 1 saturated heterocycles. The van der Waals surface area contributed by atoms with Crippen LogP contribution in [0, 0.1) is 0 Å². The summed E-state index contributed by atoms with van der Waals surface area (Å²) in [5, 5.41) is 0.263. The number of hydrogen-bond acceptors (Lipinski definition) is 4. The summed E-state index contributed by atoms with van der Waals surface area (Å²) in [6.45, 7) is 12.9. The van der Waals surface area contributed by atoms with Gasteiger partial charge < -0.3 is 18.6 Å². The molecule has 0 bridgehead atoms. The average molecular weight is 353 g/mol. The summed E-state index contributed by atoms with van der Waals surface area (Å²) in [5.74, 6) is 0.844. The Hall–Kier alpha value is -0.883. The van der Waals surface area contributed by atoms with Crippen molar-refractivity contribution in [1.82, 2.24) is 0 Å². The molecule has 0 aliphatic carbocycles. The lowest BCUT2D eigenvalue weighted by molar-refractivity contribution is -0.0617. The zero-order valence-corrected chi connectivity index (χ0v) is 16.9. The summed E-state index contributed by atoms with van der Waals surface area (Å²) in [6.07, 6.45) is 1.87. The molecule has 0 amide bonds. The van der Waals surface area contributed by atoms with E-state index in [0.29, 0.717) is 6.61 Å². The maximum absolute atomic E-state index is 6.22. The van der Waals surface area contributed by atoms with E-state index in [2.05, 4.69) is 33.9 Å². The van der Waals surface area contributed by atoms with Gasteiger partial charge in [-0.25, -0.2) is 0 Å². The van der Waals surface area contributed by atoms with Crippen LogP contribution in [0.25, 0.3) is 0 Å². The van der Waals surface area contributed by atoms with E-state index >= 15 is 0 Å². The summed E-state index contributed by atoms with van der Waals surface area (Å²) in [7, 11) is 0.0253. The highest BCUT2D eigenvalue weighted by Gasteiger charge is 2.37. The first-order chi connectivity index (χ1) is 11.2. The molecule has 0 spiro atoms. The minimum Gasteiger partial charge on any atom is -0.497 e. The summed E-state index contributed by atoms with van der Waals surface area (Å²) < 4.78 is 23.2. The summed E-state index contributed by atoms with van der Waals surface area (Å²) in [6, 6.07) is 7.85. The molecular formula is C19H32O4Si. The molecule has 24 heavy (non-hydrogen) atoms. The molecular weight excluding hydrogens is 320 g/mol. The number of benzene rings is 1. The van der Waals surface area contributed by atoms with Gasteiger partial charge in [0.15, 0.2) is 14.6 Å². The Morgan fingerprint density at radius 3 is 2.42 bits per heavy atom. The minimum atomic E-state index is -1.64. The van der Waals surface area contributed by atoms with Gasteiger partial charge in [0.1, 0.15) is 5.75 Å². The van der Waals surface area contributed by atoms with Gasteiger partial charge in [-0.1, -0.05) is 32.9 Å². The quantitative estimate of drug-likeness (QED) is 0.516. The Labute approximate surface area is 147 Å².